The van der Waals surface area contributed by atoms with E-state index < -0.39 is 12.0 Å². The van der Waals surface area contributed by atoms with E-state index in [1.165, 1.54) is 12.3 Å². The number of hydrogen-bond donors (Lipinski definition) is 3. The molecular weight excluding hydrogens is 282 g/mol. The van der Waals surface area contributed by atoms with Crippen molar-refractivity contribution < 1.29 is 14.7 Å². The summed E-state index contributed by atoms with van der Waals surface area (Å²) in [7, 11) is 0. The number of carboxylic acid groups (broad SMARTS) is 1. The number of carbonyl (C=O) groups excluding carboxylic acids is 1. The first-order valence-corrected chi connectivity index (χ1v) is 6.45. The highest BCUT2D eigenvalue weighted by atomic mass is 35.5. The minimum Gasteiger partial charge on any atom is -0.478 e. The van der Waals surface area contributed by atoms with Crippen molar-refractivity contribution >= 4 is 29.3 Å². The number of carboxylic acids is 1. The van der Waals surface area contributed by atoms with Crippen molar-refractivity contribution in [3.8, 4) is 0 Å². The van der Waals surface area contributed by atoms with Gasteiger partial charge < -0.3 is 15.7 Å². The predicted octanol–water partition coefficient (Wildman–Crippen LogP) is 2.15. The van der Waals surface area contributed by atoms with Crippen LogP contribution in [0.4, 0.5) is 5.82 Å². The molecule has 20 heavy (non-hydrogen) atoms. The molecule has 0 aliphatic rings. The molecule has 0 spiro atoms. The zero-order chi connectivity index (χ0) is 15.5. The summed E-state index contributed by atoms with van der Waals surface area (Å²) in [4.78, 5) is 26.8. The molecule has 0 aliphatic heterocycles. The number of carbonyl (C=O) groups is 2. The maximum Gasteiger partial charge on any atom is 0.337 e. The van der Waals surface area contributed by atoms with Crippen molar-refractivity contribution in [1.82, 2.24) is 10.3 Å². The van der Waals surface area contributed by atoms with Gasteiger partial charge in [0.15, 0.2) is 0 Å². The molecule has 1 amide bonds. The van der Waals surface area contributed by atoms with E-state index in [-0.39, 0.29) is 27.9 Å². The normalized spacial score (nSPS) is 12.7. The van der Waals surface area contributed by atoms with Crippen LogP contribution in [-0.4, -0.2) is 33.5 Å². The van der Waals surface area contributed by atoms with Crippen LogP contribution in [0.15, 0.2) is 12.3 Å². The number of rotatable bonds is 4. The zero-order valence-electron chi connectivity index (χ0n) is 11.8. The van der Waals surface area contributed by atoms with E-state index in [2.05, 4.69) is 15.6 Å². The van der Waals surface area contributed by atoms with E-state index in [1.807, 2.05) is 20.8 Å². The Bertz CT molecular complexity index is 526. The van der Waals surface area contributed by atoms with Crippen LogP contribution in [0.1, 0.15) is 38.1 Å². The summed E-state index contributed by atoms with van der Waals surface area (Å²) in [5.74, 6) is -1.07. The van der Waals surface area contributed by atoms with Crippen LogP contribution in [-0.2, 0) is 4.79 Å². The van der Waals surface area contributed by atoms with Gasteiger partial charge in [-0.2, -0.15) is 0 Å². The average Bonchev–Trinajstić information content (AvgIpc) is 2.28. The first kappa shape index (κ1) is 16.2. The van der Waals surface area contributed by atoms with Crippen LogP contribution in [0.25, 0.3) is 0 Å². The van der Waals surface area contributed by atoms with E-state index in [0.29, 0.717) is 0 Å². The third-order valence-electron chi connectivity index (χ3n) is 2.34. The van der Waals surface area contributed by atoms with Gasteiger partial charge in [0.25, 0.3) is 0 Å². The zero-order valence-corrected chi connectivity index (χ0v) is 12.6. The largest absolute Gasteiger partial charge is 0.478 e. The van der Waals surface area contributed by atoms with Crippen LogP contribution < -0.4 is 10.6 Å². The molecule has 3 N–H and O–H groups in total. The van der Waals surface area contributed by atoms with Crippen molar-refractivity contribution in [2.24, 2.45) is 0 Å². The lowest BCUT2D eigenvalue weighted by Crippen LogP contribution is -2.47. The van der Waals surface area contributed by atoms with Gasteiger partial charge in [-0.15, -0.1) is 0 Å². The first-order chi connectivity index (χ1) is 9.10. The van der Waals surface area contributed by atoms with Crippen molar-refractivity contribution in [2.75, 3.05) is 5.32 Å². The fourth-order valence-electron chi connectivity index (χ4n) is 1.45. The molecule has 6 nitrogen and oxygen atoms in total. The molecule has 0 aliphatic carbocycles. The van der Waals surface area contributed by atoms with Crippen LogP contribution in [0.2, 0.25) is 5.02 Å². The van der Waals surface area contributed by atoms with Crippen LogP contribution in [0.3, 0.4) is 0 Å². The van der Waals surface area contributed by atoms with Gasteiger partial charge in [0.05, 0.1) is 10.6 Å². The second-order valence-corrected chi connectivity index (χ2v) is 5.87. The van der Waals surface area contributed by atoms with Gasteiger partial charge in [0, 0.05) is 11.7 Å². The maximum atomic E-state index is 11.9. The van der Waals surface area contributed by atoms with E-state index in [1.54, 1.807) is 6.92 Å². The molecule has 1 aromatic heterocycles. The Hall–Kier alpha value is -1.82. The Morgan fingerprint density at radius 2 is 2.00 bits per heavy atom. The molecule has 0 saturated carbocycles. The third-order valence-corrected chi connectivity index (χ3v) is 2.64. The topological polar surface area (TPSA) is 91.3 Å². The summed E-state index contributed by atoms with van der Waals surface area (Å²) < 4.78 is 0. The number of halogens is 1. The van der Waals surface area contributed by atoms with Crippen molar-refractivity contribution in [2.45, 2.75) is 39.3 Å². The quantitative estimate of drug-likeness (QED) is 0.792. The predicted molar refractivity (Wildman–Crippen MR) is 77.2 cm³/mol. The molecule has 0 radical (unpaired) electrons. The van der Waals surface area contributed by atoms with Gasteiger partial charge in [-0.25, -0.2) is 9.78 Å². The Balaban J connectivity index is 2.81. The smallest absolute Gasteiger partial charge is 0.337 e. The molecule has 0 saturated heterocycles. The molecule has 1 aromatic rings. The van der Waals surface area contributed by atoms with Gasteiger partial charge in [0.2, 0.25) is 5.91 Å². The SMILES string of the molecule is CC(Nc1cc(C(=O)O)c(Cl)cn1)C(=O)NC(C)(C)C. The molecule has 110 valence electrons. The van der Waals surface area contributed by atoms with Gasteiger partial charge >= 0.3 is 5.97 Å². The van der Waals surface area contributed by atoms with Crippen LogP contribution in [0.5, 0.6) is 0 Å². The summed E-state index contributed by atoms with van der Waals surface area (Å²) in [5.41, 5.74) is -0.403. The van der Waals surface area contributed by atoms with E-state index in [0.717, 1.165) is 0 Å². The van der Waals surface area contributed by atoms with Gasteiger partial charge in [-0.05, 0) is 33.8 Å². The van der Waals surface area contributed by atoms with Gasteiger partial charge in [-0.3, -0.25) is 4.79 Å². The molecule has 0 bridgehead atoms. The van der Waals surface area contributed by atoms with E-state index >= 15 is 0 Å². The Labute approximate surface area is 122 Å². The number of anilines is 1. The van der Waals surface area contributed by atoms with Crippen molar-refractivity contribution in [3.05, 3.63) is 22.8 Å². The molecule has 0 aromatic carbocycles. The van der Waals surface area contributed by atoms with Crippen LogP contribution in [0, 0.1) is 0 Å². The summed E-state index contributed by atoms with van der Waals surface area (Å²) in [5, 5.41) is 14.7. The summed E-state index contributed by atoms with van der Waals surface area (Å²) in [6.45, 7) is 7.29. The van der Waals surface area contributed by atoms with Crippen molar-refractivity contribution in [3.63, 3.8) is 0 Å². The van der Waals surface area contributed by atoms with Crippen molar-refractivity contribution in [1.29, 1.82) is 0 Å². The Morgan fingerprint density at radius 3 is 2.50 bits per heavy atom. The molecule has 1 heterocycles. The fraction of sp³-hybridized carbons (Fsp3) is 0.462. The third kappa shape index (κ3) is 4.70. The highest BCUT2D eigenvalue weighted by Crippen LogP contribution is 2.18. The maximum absolute atomic E-state index is 11.9. The minimum absolute atomic E-state index is 0.0508. The van der Waals surface area contributed by atoms with E-state index in [4.69, 9.17) is 16.7 Å². The minimum atomic E-state index is -1.15. The van der Waals surface area contributed by atoms with Crippen LogP contribution >= 0.6 is 11.6 Å². The highest BCUT2D eigenvalue weighted by Gasteiger charge is 2.20. The second-order valence-electron chi connectivity index (χ2n) is 5.46. The lowest BCUT2D eigenvalue weighted by atomic mass is 10.1. The fourth-order valence-corrected chi connectivity index (χ4v) is 1.63. The Kier molecular flexibility index (Phi) is 4.94. The molecule has 7 heteroatoms. The summed E-state index contributed by atoms with van der Waals surface area (Å²) in [6, 6.07) is 0.746. The first-order valence-electron chi connectivity index (χ1n) is 6.07. The van der Waals surface area contributed by atoms with E-state index in [9.17, 15) is 9.59 Å². The molecule has 1 rings (SSSR count). The summed E-state index contributed by atoms with van der Waals surface area (Å²) >= 11 is 5.73. The second kappa shape index (κ2) is 6.09. The lowest BCUT2D eigenvalue weighted by molar-refractivity contribution is -0.122. The highest BCUT2D eigenvalue weighted by molar-refractivity contribution is 6.33. The molecular formula is C13H18ClN3O3. The van der Waals surface area contributed by atoms with Gasteiger partial charge in [-0.1, -0.05) is 11.6 Å². The van der Waals surface area contributed by atoms with Gasteiger partial charge in [0.1, 0.15) is 11.9 Å². The average molecular weight is 300 g/mol. The molecule has 1 unspecified atom stereocenters. The monoisotopic (exact) mass is 299 g/mol. The number of aromatic carboxylic acids is 1. The standard InChI is InChI=1S/C13H18ClN3O3/c1-7(11(18)17-13(2,3)4)16-10-5-8(12(19)20)9(14)6-15-10/h5-7H,1-4H3,(H,15,16)(H,17,18)(H,19,20). The number of nitrogens with zero attached hydrogens (tertiary/aromatic N) is 1. The number of hydrogen-bond acceptors (Lipinski definition) is 4. The molecule has 1 atom stereocenters. The number of aromatic nitrogens is 1. The molecule has 0 fully saturated rings. The Morgan fingerprint density at radius 1 is 1.40 bits per heavy atom. The number of nitrogens with one attached hydrogen (secondary N) is 2. The number of amides is 1. The lowest BCUT2D eigenvalue weighted by Gasteiger charge is -2.24. The summed E-state index contributed by atoms with van der Waals surface area (Å²) in [6.07, 6.45) is 1.24. The number of pyridine rings is 1.